The van der Waals surface area contributed by atoms with E-state index in [1.54, 1.807) is 21.7 Å². The van der Waals surface area contributed by atoms with Gasteiger partial charge >= 0.3 is 0 Å². The molecule has 0 saturated carbocycles. The van der Waals surface area contributed by atoms with Crippen molar-refractivity contribution in [3.05, 3.63) is 65.6 Å². The average Bonchev–Trinajstić information content (AvgIpc) is 2.99. The van der Waals surface area contributed by atoms with Crippen LogP contribution in [0.2, 0.25) is 0 Å². The Kier molecular flexibility index (Phi) is 4.07. The predicted octanol–water partition coefficient (Wildman–Crippen LogP) is 3.82. The molecule has 2 aromatic carbocycles. The first-order chi connectivity index (χ1) is 12.6. The van der Waals surface area contributed by atoms with Crippen molar-refractivity contribution in [2.24, 2.45) is 5.92 Å². The van der Waals surface area contributed by atoms with Crippen LogP contribution in [0.5, 0.6) is 0 Å². The van der Waals surface area contributed by atoms with E-state index < -0.39 is 0 Å². The number of para-hydroxylation sites is 1. The fraction of sp³-hybridized carbons (Fsp3) is 0.238. The summed E-state index contributed by atoms with van der Waals surface area (Å²) in [5, 5.41) is 0.828. The van der Waals surface area contributed by atoms with E-state index >= 15 is 0 Å². The normalized spacial score (nSPS) is 16.5. The second-order valence-corrected chi connectivity index (χ2v) is 6.93. The Morgan fingerprint density at radius 3 is 2.88 bits per heavy atom. The number of fused-ring (bicyclic) bond motifs is 2. The second kappa shape index (κ2) is 6.41. The quantitative estimate of drug-likeness (QED) is 0.674. The summed E-state index contributed by atoms with van der Waals surface area (Å²) in [7, 11) is 0. The maximum Gasteiger partial charge on any atom is 0.246 e. The lowest BCUT2D eigenvalue weighted by atomic mass is 9.93. The third kappa shape index (κ3) is 2.79. The van der Waals surface area contributed by atoms with Crippen LogP contribution in [0, 0.1) is 11.7 Å². The first-order valence-electron chi connectivity index (χ1n) is 8.68. The van der Waals surface area contributed by atoms with Gasteiger partial charge in [-0.3, -0.25) is 9.59 Å². The molecule has 0 fully saturated rings. The molecule has 5 heteroatoms. The van der Waals surface area contributed by atoms with Crippen LogP contribution in [-0.4, -0.2) is 23.3 Å². The molecule has 4 nitrogen and oxygen atoms in total. The molecule has 1 aliphatic rings. The van der Waals surface area contributed by atoms with E-state index in [1.807, 2.05) is 24.3 Å². The molecule has 0 radical (unpaired) electrons. The van der Waals surface area contributed by atoms with Gasteiger partial charge in [-0.2, -0.15) is 0 Å². The number of rotatable bonds is 3. The van der Waals surface area contributed by atoms with Crippen molar-refractivity contribution in [1.29, 1.82) is 0 Å². The van der Waals surface area contributed by atoms with Crippen molar-refractivity contribution in [1.82, 2.24) is 4.57 Å². The van der Waals surface area contributed by atoms with E-state index in [0.29, 0.717) is 23.7 Å². The highest BCUT2D eigenvalue weighted by atomic mass is 19.1. The van der Waals surface area contributed by atoms with Crippen LogP contribution in [0.25, 0.3) is 10.9 Å². The van der Waals surface area contributed by atoms with Gasteiger partial charge in [0.25, 0.3) is 0 Å². The third-order valence-electron chi connectivity index (χ3n) is 4.95. The molecule has 4 rings (SSSR count). The highest BCUT2D eigenvalue weighted by molar-refractivity contribution is 5.99. The molecule has 1 amide bonds. The molecule has 0 N–H and O–H groups in total. The Morgan fingerprint density at radius 1 is 1.27 bits per heavy atom. The molecule has 3 aromatic rings. The van der Waals surface area contributed by atoms with E-state index in [0.717, 1.165) is 29.2 Å². The van der Waals surface area contributed by atoms with Crippen molar-refractivity contribution in [2.45, 2.75) is 19.9 Å². The van der Waals surface area contributed by atoms with Crippen molar-refractivity contribution in [3.63, 3.8) is 0 Å². The Bertz CT molecular complexity index is 1010. The SMILES string of the molecule is C[C@@H]1Cc2ccc(F)cc2N(C(=O)Cn2cc(C=O)c3ccccc32)C1. The summed E-state index contributed by atoms with van der Waals surface area (Å²) in [6.07, 6.45) is 3.34. The van der Waals surface area contributed by atoms with Gasteiger partial charge in [0, 0.05) is 34.9 Å². The van der Waals surface area contributed by atoms with Crippen LogP contribution in [0.4, 0.5) is 10.1 Å². The summed E-state index contributed by atoms with van der Waals surface area (Å²) in [6, 6.07) is 12.1. The topological polar surface area (TPSA) is 42.3 Å². The lowest BCUT2D eigenvalue weighted by Gasteiger charge is -2.33. The minimum atomic E-state index is -0.342. The fourth-order valence-corrected chi connectivity index (χ4v) is 3.78. The Balaban J connectivity index is 1.70. The fourth-order valence-electron chi connectivity index (χ4n) is 3.78. The van der Waals surface area contributed by atoms with Crippen LogP contribution in [-0.2, 0) is 17.8 Å². The van der Waals surface area contributed by atoms with Gasteiger partial charge in [0.05, 0.1) is 0 Å². The zero-order chi connectivity index (χ0) is 18.3. The molecule has 0 aliphatic carbocycles. The molecule has 0 bridgehead atoms. The molecule has 26 heavy (non-hydrogen) atoms. The number of amides is 1. The number of anilines is 1. The average molecular weight is 350 g/mol. The Hall–Kier alpha value is -2.95. The monoisotopic (exact) mass is 350 g/mol. The summed E-state index contributed by atoms with van der Waals surface area (Å²) in [4.78, 5) is 26.0. The number of hydrogen-bond acceptors (Lipinski definition) is 2. The van der Waals surface area contributed by atoms with Crippen LogP contribution >= 0.6 is 0 Å². The maximum atomic E-state index is 13.7. The highest BCUT2D eigenvalue weighted by Gasteiger charge is 2.27. The molecule has 1 aliphatic heterocycles. The number of carbonyl (C=O) groups excluding carboxylic acids is 2. The number of halogens is 1. The summed E-state index contributed by atoms with van der Waals surface area (Å²) >= 11 is 0. The van der Waals surface area contributed by atoms with Gasteiger partial charge in [-0.25, -0.2) is 4.39 Å². The minimum Gasteiger partial charge on any atom is -0.337 e. The molecule has 1 atom stereocenters. The van der Waals surface area contributed by atoms with Gasteiger partial charge in [-0.05, 0) is 36.1 Å². The van der Waals surface area contributed by atoms with Gasteiger partial charge < -0.3 is 9.47 Å². The first-order valence-corrected chi connectivity index (χ1v) is 8.68. The van der Waals surface area contributed by atoms with Crippen LogP contribution < -0.4 is 4.90 Å². The standard InChI is InChI=1S/C21H19FN2O2/c1-14-8-15-6-7-17(22)9-20(15)24(10-14)21(26)12-23-11-16(13-25)18-4-2-3-5-19(18)23/h2-7,9,11,13-14H,8,10,12H2,1H3/t14-/m1/s1. The van der Waals surface area contributed by atoms with Gasteiger partial charge in [0.2, 0.25) is 5.91 Å². The summed E-state index contributed by atoms with van der Waals surface area (Å²) in [5.74, 6) is -0.142. The summed E-state index contributed by atoms with van der Waals surface area (Å²) in [5.41, 5.74) is 3.05. The van der Waals surface area contributed by atoms with Gasteiger partial charge in [0.15, 0.2) is 6.29 Å². The molecule has 0 saturated heterocycles. The van der Waals surface area contributed by atoms with Crippen LogP contribution in [0.1, 0.15) is 22.8 Å². The van der Waals surface area contributed by atoms with E-state index in [2.05, 4.69) is 6.92 Å². The number of benzene rings is 2. The van der Waals surface area contributed by atoms with Crippen LogP contribution in [0.3, 0.4) is 0 Å². The Labute approximate surface area is 150 Å². The number of carbonyl (C=O) groups is 2. The number of nitrogens with zero attached hydrogens (tertiary/aromatic N) is 2. The van der Waals surface area contributed by atoms with Crippen LogP contribution in [0.15, 0.2) is 48.7 Å². The largest absolute Gasteiger partial charge is 0.337 e. The predicted molar refractivity (Wildman–Crippen MR) is 98.9 cm³/mol. The van der Waals surface area contributed by atoms with E-state index in [1.165, 1.54) is 12.1 Å². The van der Waals surface area contributed by atoms with Gasteiger partial charge in [0.1, 0.15) is 12.4 Å². The zero-order valence-corrected chi connectivity index (χ0v) is 14.5. The third-order valence-corrected chi connectivity index (χ3v) is 4.95. The van der Waals surface area contributed by atoms with Crippen molar-refractivity contribution in [2.75, 3.05) is 11.4 Å². The number of aldehydes is 1. The molecular formula is C21H19FN2O2. The Morgan fingerprint density at radius 2 is 2.08 bits per heavy atom. The summed E-state index contributed by atoms with van der Waals surface area (Å²) < 4.78 is 15.5. The second-order valence-electron chi connectivity index (χ2n) is 6.93. The highest BCUT2D eigenvalue weighted by Crippen LogP contribution is 2.31. The summed E-state index contributed by atoms with van der Waals surface area (Å²) in [6.45, 7) is 2.76. The molecule has 0 unspecified atom stereocenters. The molecular weight excluding hydrogens is 331 g/mol. The smallest absolute Gasteiger partial charge is 0.246 e. The van der Waals surface area contributed by atoms with E-state index in [-0.39, 0.29) is 18.3 Å². The lowest BCUT2D eigenvalue weighted by Crippen LogP contribution is -2.41. The minimum absolute atomic E-state index is 0.108. The maximum absolute atomic E-state index is 13.7. The van der Waals surface area contributed by atoms with Crippen molar-refractivity contribution >= 4 is 28.8 Å². The van der Waals surface area contributed by atoms with E-state index in [9.17, 15) is 14.0 Å². The number of hydrogen-bond donors (Lipinski definition) is 0. The number of aromatic nitrogens is 1. The molecule has 1 aromatic heterocycles. The van der Waals surface area contributed by atoms with Crippen molar-refractivity contribution in [3.8, 4) is 0 Å². The molecule has 132 valence electrons. The van der Waals surface area contributed by atoms with Gasteiger partial charge in [-0.1, -0.05) is 31.2 Å². The molecule has 2 heterocycles. The zero-order valence-electron chi connectivity index (χ0n) is 14.5. The first kappa shape index (κ1) is 16.5. The lowest BCUT2D eigenvalue weighted by molar-refractivity contribution is -0.119. The molecule has 0 spiro atoms. The van der Waals surface area contributed by atoms with E-state index in [4.69, 9.17) is 0 Å². The van der Waals surface area contributed by atoms with Crippen molar-refractivity contribution < 1.29 is 14.0 Å². The van der Waals surface area contributed by atoms with Gasteiger partial charge in [-0.15, -0.1) is 0 Å².